The maximum Gasteiger partial charge on any atom is 0.247 e. The van der Waals surface area contributed by atoms with E-state index in [0.29, 0.717) is 5.92 Å². The maximum absolute atomic E-state index is 2.48. The molecule has 2 heterocycles. The van der Waals surface area contributed by atoms with Gasteiger partial charge in [-0.15, -0.1) is 0 Å². The van der Waals surface area contributed by atoms with Crippen LogP contribution in [0.25, 0.3) is 0 Å². The molecule has 4 aromatic carbocycles. The second-order valence-electron chi connectivity index (χ2n) is 9.42. The normalized spacial score (nSPS) is 17.9. The van der Waals surface area contributed by atoms with Crippen LogP contribution in [-0.4, -0.2) is 6.71 Å². The Balaban J connectivity index is 1.58. The quantitative estimate of drug-likeness (QED) is 0.326. The molecular weight excluding hydrogens is 411 g/mol. The van der Waals surface area contributed by atoms with Crippen LogP contribution in [0.5, 0.6) is 0 Å². The molecule has 4 aromatic rings. The minimum absolute atomic E-state index is 0.261. The molecule has 0 radical (unpaired) electrons. The summed E-state index contributed by atoms with van der Waals surface area (Å²) >= 11 is 0. The first kappa shape index (κ1) is 19.5. The second kappa shape index (κ2) is 7.53. The number of anilines is 5. The molecule has 3 aliphatic rings. The topological polar surface area (TPSA) is 6.48 Å². The first-order chi connectivity index (χ1) is 16.8. The van der Waals surface area contributed by atoms with Gasteiger partial charge in [-0.05, 0) is 71.8 Å². The summed E-state index contributed by atoms with van der Waals surface area (Å²) in [6.45, 7) is 2.65. The van der Waals surface area contributed by atoms with E-state index in [1.165, 1.54) is 50.5 Å². The van der Waals surface area contributed by atoms with Crippen LogP contribution in [-0.2, 0) is 0 Å². The van der Waals surface area contributed by atoms with E-state index in [9.17, 15) is 0 Å². The molecule has 2 nitrogen and oxygen atoms in total. The zero-order chi connectivity index (χ0) is 22.6. The van der Waals surface area contributed by atoms with Crippen molar-refractivity contribution in [1.29, 1.82) is 0 Å². The van der Waals surface area contributed by atoms with Crippen LogP contribution in [0, 0.1) is 5.92 Å². The Bertz CT molecular complexity index is 1460. The molecule has 162 valence electrons. The van der Waals surface area contributed by atoms with Crippen LogP contribution < -0.4 is 20.7 Å². The summed E-state index contributed by atoms with van der Waals surface area (Å²) in [6, 6.07) is 37.4. The number of para-hydroxylation sites is 3. The van der Waals surface area contributed by atoms with E-state index in [4.69, 9.17) is 0 Å². The van der Waals surface area contributed by atoms with E-state index in [1.807, 2.05) is 0 Å². The number of benzene rings is 4. The molecule has 0 saturated carbocycles. The fourth-order valence-corrected chi connectivity index (χ4v) is 6.11. The molecule has 1 unspecified atom stereocenters. The van der Waals surface area contributed by atoms with Crippen LogP contribution in [0.4, 0.5) is 28.4 Å². The van der Waals surface area contributed by atoms with Gasteiger partial charge in [0.15, 0.2) is 0 Å². The Morgan fingerprint density at radius 1 is 0.647 bits per heavy atom. The summed E-state index contributed by atoms with van der Waals surface area (Å²) in [6.07, 6.45) is 5.78. The number of allylic oxidation sites excluding steroid dienone is 3. The summed E-state index contributed by atoms with van der Waals surface area (Å²) in [5, 5.41) is 0. The average molecular weight is 436 g/mol. The van der Waals surface area contributed by atoms with Crippen molar-refractivity contribution < 1.29 is 0 Å². The lowest BCUT2D eigenvalue weighted by Gasteiger charge is -2.46. The number of rotatable bonds is 2. The van der Waals surface area contributed by atoms with Gasteiger partial charge in [-0.3, -0.25) is 0 Å². The Morgan fingerprint density at radius 3 is 1.97 bits per heavy atom. The average Bonchev–Trinajstić information content (AvgIpc) is 2.90. The van der Waals surface area contributed by atoms with Gasteiger partial charge in [0, 0.05) is 34.1 Å². The van der Waals surface area contributed by atoms with Crippen molar-refractivity contribution in [2.45, 2.75) is 13.3 Å². The Kier molecular flexibility index (Phi) is 4.32. The standard InChI is InChI=1S/C31H25BN2/c1-22-12-10-19-27-30(22)32-25-17-8-9-18-26(25)33(23-13-4-2-5-14-23)28-20-11-21-29(31(28)32)34(27)24-15-6-3-7-16-24/h2-11,13-22H,12H2,1H3. The van der Waals surface area contributed by atoms with E-state index < -0.39 is 0 Å². The van der Waals surface area contributed by atoms with Crippen molar-refractivity contribution in [2.24, 2.45) is 5.92 Å². The highest BCUT2D eigenvalue weighted by Gasteiger charge is 2.45. The summed E-state index contributed by atoms with van der Waals surface area (Å²) in [5.41, 5.74) is 11.9. The maximum atomic E-state index is 2.48. The predicted octanol–water partition coefficient (Wildman–Crippen LogP) is 6.62. The number of nitrogens with zero attached hydrogens (tertiary/aromatic N) is 2. The summed E-state index contributed by atoms with van der Waals surface area (Å²) in [5.74, 6) is 0.480. The highest BCUT2D eigenvalue weighted by Crippen LogP contribution is 2.46. The largest absolute Gasteiger partial charge is 0.312 e. The van der Waals surface area contributed by atoms with E-state index in [1.54, 1.807) is 0 Å². The smallest absolute Gasteiger partial charge is 0.247 e. The van der Waals surface area contributed by atoms with Gasteiger partial charge in [-0.1, -0.05) is 79.1 Å². The Labute approximate surface area is 201 Å². The van der Waals surface area contributed by atoms with Crippen molar-refractivity contribution in [2.75, 3.05) is 9.80 Å². The van der Waals surface area contributed by atoms with Crippen LogP contribution in [0.1, 0.15) is 13.3 Å². The van der Waals surface area contributed by atoms with Crippen LogP contribution in [0.2, 0.25) is 0 Å². The molecule has 0 bridgehead atoms. The van der Waals surface area contributed by atoms with Gasteiger partial charge < -0.3 is 9.80 Å². The fraction of sp³-hybridized carbons (Fsp3) is 0.0968. The molecule has 0 amide bonds. The third-order valence-electron chi connectivity index (χ3n) is 7.49. The van der Waals surface area contributed by atoms with Crippen LogP contribution >= 0.6 is 0 Å². The number of hydrogen-bond acceptors (Lipinski definition) is 2. The lowest BCUT2D eigenvalue weighted by molar-refractivity contribution is 0.705. The van der Waals surface area contributed by atoms with Gasteiger partial charge in [0.05, 0.1) is 0 Å². The summed E-state index contributed by atoms with van der Waals surface area (Å²) < 4.78 is 0. The van der Waals surface area contributed by atoms with E-state index in [-0.39, 0.29) is 6.71 Å². The van der Waals surface area contributed by atoms with Gasteiger partial charge in [-0.25, -0.2) is 0 Å². The van der Waals surface area contributed by atoms with Crippen molar-refractivity contribution in [1.82, 2.24) is 0 Å². The molecule has 1 aliphatic carbocycles. The fourth-order valence-electron chi connectivity index (χ4n) is 6.11. The molecule has 7 rings (SSSR count). The number of hydrogen-bond donors (Lipinski definition) is 0. The zero-order valence-electron chi connectivity index (χ0n) is 19.2. The monoisotopic (exact) mass is 436 g/mol. The third-order valence-corrected chi connectivity index (χ3v) is 7.49. The van der Waals surface area contributed by atoms with E-state index >= 15 is 0 Å². The highest BCUT2D eigenvalue weighted by atomic mass is 15.2. The molecule has 34 heavy (non-hydrogen) atoms. The summed E-state index contributed by atoms with van der Waals surface area (Å²) in [7, 11) is 0. The highest BCUT2D eigenvalue weighted by molar-refractivity contribution is 6.95. The molecule has 1 atom stereocenters. The first-order valence-corrected chi connectivity index (χ1v) is 12.2. The van der Waals surface area contributed by atoms with Gasteiger partial charge in [0.2, 0.25) is 6.71 Å². The lowest BCUT2D eigenvalue weighted by atomic mass is 9.31. The molecule has 0 spiro atoms. The first-order valence-electron chi connectivity index (χ1n) is 12.2. The molecule has 3 heteroatoms. The SMILES string of the molecule is CC1CC=CC2=C1B1c3ccccc3N(c3ccccc3)c3cccc(c31)N2c1ccccc1. The molecule has 0 N–H and O–H groups in total. The Morgan fingerprint density at radius 2 is 1.24 bits per heavy atom. The molecule has 0 saturated heterocycles. The lowest BCUT2D eigenvalue weighted by Crippen LogP contribution is -2.57. The molecular formula is C31H25BN2. The van der Waals surface area contributed by atoms with Crippen LogP contribution in [0.15, 0.2) is 126 Å². The summed E-state index contributed by atoms with van der Waals surface area (Å²) in [4.78, 5) is 4.93. The predicted molar refractivity (Wildman–Crippen MR) is 145 cm³/mol. The van der Waals surface area contributed by atoms with Gasteiger partial charge in [0.1, 0.15) is 0 Å². The molecule has 2 aliphatic heterocycles. The second-order valence-corrected chi connectivity index (χ2v) is 9.42. The van der Waals surface area contributed by atoms with Gasteiger partial charge in [0.25, 0.3) is 0 Å². The third kappa shape index (κ3) is 2.70. The molecule has 0 fully saturated rings. The Hall–Kier alpha value is -3.98. The minimum Gasteiger partial charge on any atom is -0.312 e. The van der Waals surface area contributed by atoms with Crippen molar-refractivity contribution in [3.63, 3.8) is 0 Å². The van der Waals surface area contributed by atoms with Crippen molar-refractivity contribution >= 4 is 46.1 Å². The van der Waals surface area contributed by atoms with Crippen LogP contribution in [0.3, 0.4) is 0 Å². The van der Waals surface area contributed by atoms with E-state index in [2.05, 4.69) is 132 Å². The van der Waals surface area contributed by atoms with Crippen molar-refractivity contribution in [3.8, 4) is 0 Å². The van der Waals surface area contributed by atoms with Gasteiger partial charge in [-0.2, -0.15) is 0 Å². The molecule has 0 aromatic heterocycles. The zero-order valence-corrected chi connectivity index (χ0v) is 19.2. The van der Waals surface area contributed by atoms with Crippen molar-refractivity contribution in [3.05, 3.63) is 126 Å². The number of fused-ring (bicyclic) bond motifs is 3. The van der Waals surface area contributed by atoms with E-state index in [0.717, 1.165) is 6.42 Å². The minimum atomic E-state index is 0.261. The van der Waals surface area contributed by atoms with Gasteiger partial charge >= 0.3 is 0 Å².